The summed E-state index contributed by atoms with van der Waals surface area (Å²) in [5, 5.41) is 8.63. The lowest BCUT2D eigenvalue weighted by atomic mass is 9.74. The Morgan fingerprint density at radius 1 is 0.549 bits per heavy atom. The monoisotopic (exact) mass is 976 g/mol. The highest BCUT2D eigenvalue weighted by atomic mass is 19.4. The standard InChI is InChI=1S/C21H15F3N2O4.C14H16O4.C12H18.C9H10O2/c1-20(21(22,23)24,10-4-6-12-14(8-10)18(29)25(2)16(12)27)11-5-7-13-15(9-11)19(30)26(3)17(13)28;1-10(2)13(15)17-7-8-18-14(16)12-6-4-5-11(3)9-12;1-7-8(2)10(4)12(6)11(5)9(7)3;1-6-3-7(2)5-8(4-6)9(10)11/h4-9H,1-3H3;4-6,9H,1,7-8H2,2-3H3;1-6H3;3-5H,1-2H3,(H,10,11). The van der Waals surface area contributed by atoms with E-state index in [1.54, 1.807) is 37.3 Å². The van der Waals surface area contributed by atoms with Crippen LogP contribution in [0.25, 0.3) is 0 Å². The van der Waals surface area contributed by atoms with Gasteiger partial charge in [-0.25, -0.2) is 14.4 Å². The zero-order valence-corrected chi connectivity index (χ0v) is 42.3. The number of alkyl halides is 3. The van der Waals surface area contributed by atoms with Crippen LogP contribution in [-0.2, 0) is 19.7 Å². The third-order valence-corrected chi connectivity index (χ3v) is 12.9. The third kappa shape index (κ3) is 12.2. The van der Waals surface area contributed by atoms with Crippen LogP contribution in [0.1, 0.15) is 137 Å². The second kappa shape index (κ2) is 22.4. The first-order valence-electron chi connectivity index (χ1n) is 22.4. The van der Waals surface area contributed by atoms with Crippen molar-refractivity contribution in [2.75, 3.05) is 27.3 Å². The summed E-state index contributed by atoms with van der Waals surface area (Å²) in [6, 6.07) is 19.2. The van der Waals surface area contributed by atoms with E-state index in [4.69, 9.17) is 14.6 Å². The van der Waals surface area contributed by atoms with Crippen molar-refractivity contribution in [1.82, 2.24) is 9.80 Å². The number of carbonyl (C=O) groups excluding carboxylic acids is 6. The van der Waals surface area contributed by atoms with Gasteiger partial charge in [-0.1, -0.05) is 53.6 Å². The largest absolute Gasteiger partial charge is 0.478 e. The first-order chi connectivity index (χ1) is 33.0. The van der Waals surface area contributed by atoms with Crippen LogP contribution in [0.15, 0.2) is 91.0 Å². The molecule has 7 rings (SSSR count). The summed E-state index contributed by atoms with van der Waals surface area (Å²) in [6.07, 6.45) is -4.80. The summed E-state index contributed by atoms with van der Waals surface area (Å²) in [7, 11) is 2.51. The van der Waals surface area contributed by atoms with E-state index in [0.717, 1.165) is 57.7 Å². The summed E-state index contributed by atoms with van der Waals surface area (Å²) in [6.45, 7) is 24.9. The fraction of sp³-hybridized carbons (Fsp3) is 0.304. The molecule has 2 heterocycles. The van der Waals surface area contributed by atoms with E-state index in [1.165, 1.54) is 59.6 Å². The van der Waals surface area contributed by atoms with E-state index in [9.17, 15) is 46.7 Å². The van der Waals surface area contributed by atoms with Gasteiger partial charge in [-0.05, 0) is 169 Å². The Hall–Kier alpha value is -7.68. The van der Waals surface area contributed by atoms with Crippen molar-refractivity contribution in [1.29, 1.82) is 0 Å². The Morgan fingerprint density at radius 2 is 0.930 bits per heavy atom. The molecule has 1 N–H and O–H groups in total. The predicted molar refractivity (Wildman–Crippen MR) is 263 cm³/mol. The number of aromatic carboxylic acids is 1. The number of benzene rings is 5. The zero-order valence-electron chi connectivity index (χ0n) is 42.3. The molecule has 0 bridgehead atoms. The van der Waals surface area contributed by atoms with Crippen molar-refractivity contribution < 1.29 is 61.3 Å². The molecule has 12 nitrogen and oxygen atoms in total. The van der Waals surface area contributed by atoms with Crippen LogP contribution in [0, 0.1) is 62.3 Å². The van der Waals surface area contributed by atoms with Crippen molar-refractivity contribution in [3.8, 4) is 0 Å². The predicted octanol–water partition coefficient (Wildman–Crippen LogP) is 10.8. The van der Waals surface area contributed by atoms with Crippen LogP contribution in [0.4, 0.5) is 13.2 Å². The lowest BCUT2D eigenvalue weighted by molar-refractivity contribution is -0.173. The van der Waals surface area contributed by atoms with Gasteiger partial charge in [-0.2, -0.15) is 13.2 Å². The van der Waals surface area contributed by atoms with Gasteiger partial charge < -0.3 is 14.6 Å². The lowest BCUT2D eigenvalue weighted by Gasteiger charge is -2.33. The second-order valence-corrected chi connectivity index (χ2v) is 17.8. The van der Waals surface area contributed by atoms with E-state index in [2.05, 4.69) is 48.1 Å². The summed E-state index contributed by atoms with van der Waals surface area (Å²) >= 11 is 0. The molecular formula is C56H59F3N2O10. The number of carbonyl (C=O) groups is 7. The number of carboxylic acids is 1. The molecule has 374 valence electrons. The van der Waals surface area contributed by atoms with Gasteiger partial charge >= 0.3 is 24.1 Å². The molecule has 71 heavy (non-hydrogen) atoms. The lowest BCUT2D eigenvalue weighted by Crippen LogP contribution is -2.41. The van der Waals surface area contributed by atoms with Crippen molar-refractivity contribution in [2.45, 2.75) is 87.8 Å². The Bertz CT molecular complexity index is 2780. The number of fused-ring (bicyclic) bond motifs is 2. The van der Waals surface area contributed by atoms with E-state index in [-0.39, 0.29) is 46.6 Å². The van der Waals surface area contributed by atoms with Gasteiger partial charge in [-0.3, -0.25) is 29.0 Å². The second-order valence-electron chi connectivity index (χ2n) is 17.8. The molecule has 0 unspecified atom stereocenters. The normalized spacial score (nSPS) is 12.7. The van der Waals surface area contributed by atoms with Gasteiger partial charge in [-0.15, -0.1) is 0 Å². The number of esters is 2. The number of rotatable bonds is 8. The Labute approximate surface area is 412 Å². The van der Waals surface area contributed by atoms with E-state index in [1.807, 2.05) is 32.9 Å². The SMILES string of the molecule is C=C(C)C(=O)OCCOC(=O)c1cccc(C)c1.CN1C(=O)c2ccc(C(C)(c3ccc4c(c3)C(=O)N(C)C4=O)C(F)(F)F)cc2C1=O.Cc1c(C)c(C)c(C)c(C)c1C.Cc1cc(C)cc(C(=O)O)c1. The maximum absolute atomic E-state index is 14.4. The molecule has 2 aliphatic rings. The third-order valence-electron chi connectivity index (χ3n) is 12.9. The molecule has 4 amide bonds. The molecule has 2 aliphatic heterocycles. The number of amides is 4. The van der Waals surface area contributed by atoms with Gasteiger partial charge in [0.05, 0.1) is 33.4 Å². The average Bonchev–Trinajstić information content (AvgIpc) is 3.67. The van der Waals surface area contributed by atoms with E-state index < -0.39 is 53.1 Å². The number of hydrogen-bond acceptors (Lipinski definition) is 9. The summed E-state index contributed by atoms with van der Waals surface area (Å²) < 4.78 is 52.8. The first kappa shape index (κ1) is 55.9. The molecular weight excluding hydrogens is 918 g/mol. The quantitative estimate of drug-likeness (QED) is 0.0685. The van der Waals surface area contributed by atoms with Crippen LogP contribution < -0.4 is 0 Å². The number of nitrogens with zero attached hydrogens (tertiary/aromatic N) is 2. The summed E-state index contributed by atoms with van der Waals surface area (Å²) in [5.41, 5.74) is 9.61. The number of hydrogen-bond donors (Lipinski definition) is 1. The minimum absolute atomic E-state index is 0.0310. The fourth-order valence-corrected chi connectivity index (χ4v) is 7.87. The average molecular weight is 977 g/mol. The fourth-order valence-electron chi connectivity index (χ4n) is 7.87. The molecule has 0 saturated carbocycles. The van der Waals surface area contributed by atoms with Crippen LogP contribution in [-0.4, -0.2) is 89.9 Å². The highest BCUT2D eigenvalue weighted by Gasteiger charge is 2.54. The molecule has 0 saturated heterocycles. The summed E-state index contributed by atoms with van der Waals surface area (Å²) in [5.74, 6) is -4.31. The molecule has 0 aliphatic carbocycles. The van der Waals surface area contributed by atoms with Crippen LogP contribution in [0.3, 0.4) is 0 Å². The maximum atomic E-state index is 14.4. The van der Waals surface area contributed by atoms with Gasteiger partial charge in [0.2, 0.25) is 0 Å². The van der Waals surface area contributed by atoms with Gasteiger partial charge in [0, 0.05) is 19.7 Å². The topological polar surface area (TPSA) is 165 Å². The van der Waals surface area contributed by atoms with Gasteiger partial charge in [0.25, 0.3) is 23.6 Å². The Kier molecular flexibility index (Phi) is 17.6. The molecule has 0 spiro atoms. The molecule has 0 aromatic heterocycles. The Balaban J connectivity index is 0.000000227. The van der Waals surface area contributed by atoms with E-state index >= 15 is 0 Å². The van der Waals surface area contributed by atoms with Gasteiger partial charge in [0.15, 0.2) is 0 Å². The number of ether oxygens (including phenoxy) is 2. The van der Waals surface area contributed by atoms with Crippen molar-refractivity contribution in [3.63, 3.8) is 0 Å². The van der Waals surface area contributed by atoms with Crippen LogP contribution in [0.2, 0.25) is 0 Å². The molecule has 0 atom stereocenters. The van der Waals surface area contributed by atoms with Crippen molar-refractivity contribution >= 4 is 41.5 Å². The van der Waals surface area contributed by atoms with Crippen LogP contribution >= 0.6 is 0 Å². The minimum Gasteiger partial charge on any atom is -0.478 e. The number of halogens is 3. The molecule has 5 aromatic carbocycles. The number of aryl methyl sites for hydroxylation is 3. The summed E-state index contributed by atoms with van der Waals surface area (Å²) in [4.78, 5) is 83.5. The maximum Gasteiger partial charge on any atom is 0.402 e. The zero-order chi connectivity index (χ0) is 53.6. The number of imide groups is 2. The smallest absolute Gasteiger partial charge is 0.402 e. The van der Waals surface area contributed by atoms with E-state index in [0.29, 0.717) is 16.7 Å². The van der Waals surface area contributed by atoms with Gasteiger partial charge in [0.1, 0.15) is 18.6 Å². The van der Waals surface area contributed by atoms with Crippen molar-refractivity contribution in [3.05, 3.63) is 186 Å². The highest BCUT2D eigenvalue weighted by molar-refractivity contribution is 6.22. The molecule has 0 fully saturated rings. The molecule has 15 heteroatoms. The highest BCUT2D eigenvalue weighted by Crippen LogP contribution is 2.47. The molecule has 5 aromatic rings. The van der Waals surface area contributed by atoms with Crippen LogP contribution in [0.5, 0.6) is 0 Å². The Morgan fingerprint density at radius 3 is 1.30 bits per heavy atom. The first-order valence-corrected chi connectivity index (χ1v) is 22.4. The minimum atomic E-state index is -4.80. The van der Waals surface area contributed by atoms with Crippen molar-refractivity contribution in [2.24, 2.45) is 0 Å². The molecule has 0 radical (unpaired) electrons. The number of carboxylic acid groups (broad SMARTS) is 1.